The van der Waals surface area contributed by atoms with Crippen molar-refractivity contribution in [1.82, 2.24) is 0 Å². The molecule has 0 saturated carbocycles. The first kappa shape index (κ1) is 30.5. The van der Waals surface area contributed by atoms with E-state index in [9.17, 15) is 0 Å². The Morgan fingerprint density at radius 1 is 0.258 bits per heavy atom. The number of hydrogen-bond acceptors (Lipinski definition) is 0. The van der Waals surface area contributed by atoms with Crippen LogP contribution in [0.3, 0.4) is 0 Å². The molecule has 0 amide bonds. The third-order valence-corrected chi connectivity index (χ3v) is 6.52. The summed E-state index contributed by atoms with van der Waals surface area (Å²) in [5.41, 5.74) is 0. The molecule has 0 spiro atoms. The van der Waals surface area contributed by atoms with Crippen LogP contribution in [0.5, 0.6) is 0 Å². The minimum absolute atomic E-state index is 1.30. The topological polar surface area (TPSA) is 0 Å². The van der Waals surface area contributed by atoms with Crippen LogP contribution in [0.15, 0.2) is 24.3 Å². The monoisotopic (exact) mass is 432 g/mol. The Kier molecular flexibility index (Phi) is 29.0. The Bertz CT molecular complexity index is 351. The molecule has 0 nitrogen and oxygen atoms in total. The van der Waals surface area contributed by atoms with E-state index in [-0.39, 0.29) is 0 Å². The van der Waals surface area contributed by atoms with Crippen LogP contribution in [-0.4, -0.2) is 0 Å². The highest BCUT2D eigenvalue weighted by Gasteiger charge is 1.93. The molecule has 0 aromatic heterocycles. The molecule has 0 aromatic rings. The molecule has 0 bridgehead atoms. The first-order valence-electron chi connectivity index (χ1n) is 14.7. The van der Waals surface area contributed by atoms with E-state index in [1.807, 2.05) is 0 Å². The lowest BCUT2D eigenvalue weighted by atomic mass is 10.0. The molecular formula is C31H60. The second-order valence-corrected chi connectivity index (χ2v) is 9.82. The Hall–Kier alpha value is -0.520. The Morgan fingerprint density at radius 2 is 0.452 bits per heavy atom. The van der Waals surface area contributed by atoms with Gasteiger partial charge in [0, 0.05) is 0 Å². The van der Waals surface area contributed by atoms with Crippen LogP contribution < -0.4 is 0 Å². The van der Waals surface area contributed by atoms with E-state index >= 15 is 0 Å². The van der Waals surface area contributed by atoms with E-state index in [2.05, 4.69) is 38.2 Å². The summed E-state index contributed by atoms with van der Waals surface area (Å²) >= 11 is 0. The normalized spacial score (nSPS) is 11.9. The fourth-order valence-electron chi connectivity index (χ4n) is 4.32. The van der Waals surface area contributed by atoms with Crippen molar-refractivity contribution in [2.75, 3.05) is 0 Å². The van der Waals surface area contributed by atoms with Crippen LogP contribution in [-0.2, 0) is 0 Å². The molecule has 184 valence electrons. The molecule has 0 atom stereocenters. The van der Waals surface area contributed by atoms with Crippen molar-refractivity contribution in [3.8, 4) is 0 Å². The van der Waals surface area contributed by atoms with Crippen LogP contribution in [0, 0.1) is 0 Å². The Morgan fingerprint density at radius 3 is 0.677 bits per heavy atom. The average Bonchev–Trinajstić information content (AvgIpc) is 2.78. The summed E-state index contributed by atoms with van der Waals surface area (Å²) in [6.07, 6.45) is 44.9. The fraction of sp³-hybridized carbons (Fsp3) is 0.871. The molecule has 0 aliphatic heterocycles. The molecule has 0 aliphatic rings. The highest BCUT2D eigenvalue weighted by Crippen LogP contribution is 2.13. The Balaban J connectivity index is 3.10. The van der Waals surface area contributed by atoms with Gasteiger partial charge in [0.25, 0.3) is 0 Å². The van der Waals surface area contributed by atoms with Gasteiger partial charge in [-0.3, -0.25) is 0 Å². The average molecular weight is 433 g/mol. The fourth-order valence-corrected chi connectivity index (χ4v) is 4.32. The maximum absolute atomic E-state index is 2.44. The minimum Gasteiger partial charge on any atom is -0.0885 e. The highest BCUT2D eigenvalue weighted by molar-refractivity contribution is 4.82. The molecule has 0 fully saturated rings. The van der Waals surface area contributed by atoms with Crippen molar-refractivity contribution in [3.05, 3.63) is 24.3 Å². The smallest absolute Gasteiger partial charge is 0.0351 e. The molecule has 0 aromatic carbocycles. The third-order valence-electron chi connectivity index (χ3n) is 6.52. The molecule has 31 heavy (non-hydrogen) atoms. The number of hydrogen-bond donors (Lipinski definition) is 0. The zero-order valence-corrected chi connectivity index (χ0v) is 22.0. The summed E-state index contributed by atoms with van der Waals surface area (Å²) in [5.74, 6) is 0. The van der Waals surface area contributed by atoms with E-state index in [1.54, 1.807) is 0 Å². The lowest BCUT2D eigenvalue weighted by Crippen LogP contribution is -1.82. The van der Waals surface area contributed by atoms with Crippen LogP contribution in [0.4, 0.5) is 0 Å². The molecule has 0 radical (unpaired) electrons. The molecular weight excluding hydrogens is 372 g/mol. The lowest BCUT2D eigenvalue weighted by molar-refractivity contribution is 0.553. The third kappa shape index (κ3) is 29.5. The zero-order valence-electron chi connectivity index (χ0n) is 22.0. The van der Waals surface area contributed by atoms with E-state index in [0.717, 1.165) is 0 Å². The van der Waals surface area contributed by atoms with Crippen molar-refractivity contribution < 1.29 is 0 Å². The second-order valence-electron chi connectivity index (χ2n) is 9.82. The number of rotatable bonds is 26. The zero-order chi connectivity index (χ0) is 22.5. The predicted molar refractivity (Wildman–Crippen MR) is 145 cm³/mol. The lowest BCUT2D eigenvalue weighted by Gasteiger charge is -2.02. The largest absolute Gasteiger partial charge is 0.0885 e. The number of unbranched alkanes of at least 4 members (excludes halogenated alkanes) is 22. The molecule has 0 saturated heterocycles. The summed E-state index contributed by atoms with van der Waals surface area (Å²) in [6.45, 7) is 4.58. The summed E-state index contributed by atoms with van der Waals surface area (Å²) in [6, 6.07) is 0. The summed E-state index contributed by atoms with van der Waals surface area (Å²) in [5, 5.41) is 0. The van der Waals surface area contributed by atoms with Gasteiger partial charge in [0.15, 0.2) is 0 Å². The summed E-state index contributed by atoms with van der Waals surface area (Å²) in [4.78, 5) is 0. The molecule has 0 aliphatic carbocycles. The van der Waals surface area contributed by atoms with Gasteiger partial charge in [-0.2, -0.15) is 0 Å². The van der Waals surface area contributed by atoms with Crippen molar-refractivity contribution in [1.29, 1.82) is 0 Å². The summed E-state index contributed by atoms with van der Waals surface area (Å²) in [7, 11) is 0. The molecule has 0 unspecified atom stereocenters. The van der Waals surface area contributed by atoms with E-state index in [0.29, 0.717) is 0 Å². The maximum atomic E-state index is 2.44. The first-order chi connectivity index (χ1) is 15.4. The van der Waals surface area contributed by atoms with Gasteiger partial charge in [-0.05, 0) is 51.4 Å². The Labute approximate surface area is 198 Å². The SMILES string of the molecule is CCCCCCC/C=C/CCCCCCCCCCCC/C=C/CCCCCCCC. The predicted octanol–water partition coefficient (Wildman–Crippen LogP) is 11.9. The van der Waals surface area contributed by atoms with Crippen LogP contribution >= 0.6 is 0 Å². The quantitative estimate of drug-likeness (QED) is 0.0941. The van der Waals surface area contributed by atoms with Gasteiger partial charge in [-0.15, -0.1) is 0 Å². The minimum atomic E-state index is 1.30. The highest BCUT2D eigenvalue weighted by atomic mass is 14.0. The van der Waals surface area contributed by atoms with E-state index in [1.165, 1.54) is 161 Å². The van der Waals surface area contributed by atoms with Crippen LogP contribution in [0.25, 0.3) is 0 Å². The number of allylic oxidation sites excluding steroid dienone is 4. The van der Waals surface area contributed by atoms with Gasteiger partial charge < -0.3 is 0 Å². The molecule has 0 rings (SSSR count). The van der Waals surface area contributed by atoms with Gasteiger partial charge in [-0.25, -0.2) is 0 Å². The standard InChI is InChI=1S/C31H60/c1-3-5-7-9-11-13-15-17-19-21-23-25-27-29-31-30-28-26-24-22-20-18-16-14-12-10-8-6-4-2/h15,17-18,20H,3-14,16,19,21-31H2,1-2H3/b17-15+,20-18+. The van der Waals surface area contributed by atoms with Gasteiger partial charge in [0.1, 0.15) is 0 Å². The van der Waals surface area contributed by atoms with Crippen LogP contribution in [0.1, 0.15) is 174 Å². The molecule has 0 heteroatoms. The van der Waals surface area contributed by atoms with Crippen molar-refractivity contribution in [2.24, 2.45) is 0 Å². The van der Waals surface area contributed by atoms with Crippen LogP contribution in [0.2, 0.25) is 0 Å². The van der Waals surface area contributed by atoms with E-state index < -0.39 is 0 Å². The van der Waals surface area contributed by atoms with Crippen molar-refractivity contribution >= 4 is 0 Å². The van der Waals surface area contributed by atoms with E-state index in [4.69, 9.17) is 0 Å². The van der Waals surface area contributed by atoms with Gasteiger partial charge in [-0.1, -0.05) is 147 Å². The molecule has 0 heterocycles. The summed E-state index contributed by atoms with van der Waals surface area (Å²) < 4.78 is 0. The molecule has 0 N–H and O–H groups in total. The van der Waals surface area contributed by atoms with Crippen molar-refractivity contribution in [3.63, 3.8) is 0 Å². The first-order valence-corrected chi connectivity index (χ1v) is 14.7. The van der Waals surface area contributed by atoms with Crippen molar-refractivity contribution in [2.45, 2.75) is 174 Å². The second kappa shape index (κ2) is 29.5. The van der Waals surface area contributed by atoms with Gasteiger partial charge in [0.05, 0.1) is 0 Å². The van der Waals surface area contributed by atoms with Gasteiger partial charge in [0.2, 0.25) is 0 Å². The van der Waals surface area contributed by atoms with Gasteiger partial charge >= 0.3 is 0 Å². The maximum Gasteiger partial charge on any atom is -0.0351 e.